The van der Waals surface area contributed by atoms with Gasteiger partial charge in [0, 0.05) is 17.8 Å². The molecular formula is C17H17N3O5S. The van der Waals surface area contributed by atoms with Crippen molar-refractivity contribution in [3.63, 3.8) is 0 Å². The summed E-state index contributed by atoms with van der Waals surface area (Å²) < 4.78 is 26.2. The number of hydrogen-bond acceptors (Lipinski definition) is 5. The van der Waals surface area contributed by atoms with E-state index in [0.29, 0.717) is 11.3 Å². The molecule has 0 aliphatic carbocycles. The maximum atomic E-state index is 12.0. The van der Waals surface area contributed by atoms with Gasteiger partial charge >= 0.3 is 0 Å². The molecule has 0 aliphatic heterocycles. The van der Waals surface area contributed by atoms with Gasteiger partial charge in [0.15, 0.2) is 0 Å². The van der Waals surface area contributed by atoms with E-state index in [1.54, 1.807) is 25.1 Å². The molecule has 0 aliphatic rings. The summed E-state index contributed by atoms with van der Waals surface area (Å²) in [6, 6.07) is 10.5. The van der Waals surface area contributed by atoms with Crippen LogP contribution in [-0.4, -0.2) is 26.3 Å². The molecule has 0 saturated heterocycles. The highest BCUT2D eigenvalue weighted by Crippen LogP contribution is 2.21. The minimum Gasteiger partial charge on any atom is -0.322 e. The van der Waals surface area contributed by atoms with E-state index in [-0.39, 0.29) is 16.1 Å². The summed E-state index contributed by atoms with van der Waals surface area (Å²) in [6.45, 7) is 1.64. The molecule has 2 N–H and O–H groups in total. The third kappa shape index (κ3) is 4.52. The molecule has 2 aromatic rings. The molecular weight excluding hydrogens is 358 g/mol. The number of nitrogens with zero attached hydrogens (tertiary/aromatic N) is 1. The first-order valence-corrected chi connectivity index (χ1v) is 8.99. The first-order chi connectivity index (χ1) is 12.2. The Morgan fingerprint density at radius 2 is 1.88 bits per heavy atom. The molecule has 0 aromatic heterocycles. The number of nitro groups is 1. The predicted octanol–water partition coefficient (Wildman–Crippen LogP) is 2.46. The van der Waals surface area contributed by atoms with Crippen molar-refractivity contribution in [2.24, 2.45) is 0 Å². The molecule has 26 heavy (non-hydrogen) atoms. The first-order valence-electron chi connectivity index (χ1n) is 7.51. The van der Waals surface area contributed by atoms with Gasteiger partial charge < -0.3 is 5.32 Å². The summed E-state index contributed by atoms with van der Waals surface area (Å²) in [6.07, 6.45) is 2.47. The van der Waals surface area contributed by atoms with E-state index in [9.17, 15) is 23.3 Å². The van der Waals surface area contributed by atoms with Gasteiger partial charge in [0.1, 0.15) is 0 Å². The SMILES string of the molecule is CNS(=O)(=O)c1cc(NC(=O)/C=C/c2ccccc2[N+](=O)[O-])ccc1C. The molecule has 0 fully saturated rings. The Morgan fingerprint density at radius 3 is 2.54 bits per heavy atom. The van der Waals surface area contributed by atoms with Gasteiger partial charge in [0.05, 0.1) is 15.4 Å². The van der Waals surface area contributed by atoms with Gasteiger partial charge in [-0.15, -0.1) is 0 Å². The maximum absolute atomic E-state index is 12.0. The van der Waals surface area contributed by atoms with Crippen LogP contribution in [0.2, 0.25) is 0 Å². The Kier molecular flexibility index (Phi) is 5.86. The number of aryl methyl sites for hydroxylation is 1. The summed E-state index contributed by atoms with van der Waals surface area (Å²) in [4.78, 5) is 22.5. The molecule has 0 bridgehead atoms. The van der Waals surface area contributed by atoms with Crippen molar-refractivity contribution in [1.29, 1.82) is 0 Å². The molecule has 0 atom stereocenters. The molecule has 0 saturated carbocycles. The van der Waals surface area contributed by atoms with Crippen LogP contribution in [0.1, 0.15) is 11.1 Å². The largest absolute Gasteiger partial charge is 0.322 e. The van der Waals surface area contributed by atoms with Crippen molar-refractivity contribution in [1.82, 2.24) is 4.72 Å². The summed E-state index contributed by atoms with van der Waals surface area (Å²) >= 11 is 0. The van der Waals surface area contributed by atoms with Crippen LogP contribution in [0.25, 0.3) is 6.08 Å². The third-order valence-corrected chi connectivity index (χ3v) is 5.12. The van der Waals surface area contributed by atoms with Crippen LogP contribution < -0.4 is 10.0 Å². The second-order valence-electron chi connectivity index (χ2n) is 5.33. The molecule has 1 amide bonds. The van der Waals surface area contributed by atoms with Gasteiger partial charge in [-0.05, 0) is 43.8 Å². The zero-order chi connectivity index (χ0) is 19.3. The molecule has 0 heterocycles. The Balaban J connectivity index is 2.21. The van der Waals surface area contributed by atoms with E-state index in [1.807, 2.05) is 0 Å². The standard InChI is InChI=1S/C17H17N3O5S/c1-12-7-9-14(11-16(12)26(24,25)18-2)19-17(21)10-8-13-5-3-4-6-15(13)20(22)23/h3-11,18H,1-2H3,(H,19,21)/b10-8+. The normalized spacial score (nSPS) is 11.5. The van der Waals surface area contributed by atoms with Crippen LogP contribution in [0.5, 0.6) is 0 Å². The van der Waals surface area contributed by atoms with E-state index in [0.717, 1.165) is 6.08 Å². The highest BCUT2D eigenvalue weighted by atomic mass is 32.2. The van der Waals surface area contributed by atoms with Crippen molar-refractivity contribution in [2.45, 2.75) is 11.8 Å². The van der Waals surface area contributed by atoms with Crippen molar-refractivity contribution < 1.29 is 18.1 Å². The lowest BCUT2D eigenvalue weighted by Gasteiger charge is -2.09. The van der Waals surface area contributed by atoms with Crippen LogP contribution in [-0.2, 0) is 14.8 Å². The third-order valence-electron chi connectivity index (χ3n) is 3.56. The lowest BCUT2D eigenvalue weighted by Crippen LogP contribution is -2.20. The Morgan fingerprint density at radius 1 is 1.19 bits per heavy atom. The van der Waals surface area contributed by atoms with Gasteiger partial charge in [-0.1, -0.05) is 18.2 Å². The topological polar surface area (TPSA) is 118 Å². The highest BCUT2D eigenvalue weighted by molar-refractivity contribution is 7.89. The molecule has 8 nitrogen and oxygen atoms in total. The number of hydrogen-bond donors (Lipinski definition) is 2. The summed E-state index contributed by atoms with van der Waals surface area (Å²) in [7, 11) is -2.35. The number of sulfonamides is 1. The first kappa shape index (κ1) is 19.3. The summed E-state index contributed by atoms with van der Waals surface area (Å²) in [5.41, 5.74) is 0.999. The van der Waals surface area contributed by atoms with Crippen LogP contribution >= 0.6 is 0 Å². The van der Waals surface area contributed by atoms with E-state index < -0.39 is 20.9 Å². The van der Waals surface area contributed by atoms with E-state index in [2.05, 4.69) is 10.0 Å². The van der Waals surface area contributed by atoms with Crippen LogP contribution in [0.15, 0.2) is 53.4 Å². The predicted molar refractivity (Wildman–Crippen MR) is 98.2 cm³/mol. The van der Waals surface area contributed by atoms with Gasteiger partial charge in [-0.2, -0.15) is 0 Å². The molecule has 2 rings (SSSR count). The average molecular weight is 375 g/mol. The van der Waals surface area contributed by atoms with E-state index in [4.69, 9.17) is 0 Å². The minimum atomic E-state index is -3.65. The number of anilines is 1. The fraction of sp³-hybridized carbons (Fsp3) is 0.118. The monoisotopic (exact) mass is 375 g/mol. The second kappa shape index (κ2) is 7.89. The highest BCUT2D eigenvalue weighted by Gasteiger charge is 2.15. The van der Waals surface area contributed by atoms with Gasteiger partial charge in [-0.25, -0.2) is 13.1 Å². The van der Waals surface area contributed by atoms with E-state index >= 15 is 0 Å². The average Bonchev–Trinajstić information content (AvgIpc) is 2.61. The molecule has 0 unspecified atom stereocenters. The number of nitro benzene ring substituents is 1. The molecule has 136 valence electrons. The van der Waals surface area contributed by atoms with Crippen molar-refractivity contribution in [3.05, 3.63) is 69.8 Å². The van der Waals surface area contributed by atoms with Gasteiger partial charge in [-0.3, -0.25) is 14.9 Å². The lowest BCUT2D eigenvalue weighted by molar-refractivity contribution is -0.385. The van der Waals surface area contributed by atoms with Crippen molar-refractivity contribution in [3.8, 4) is 0 Å². The minimum absolute atomic E-state index is 0.0560. The fourth-order valence-electron chi connectivity index (χ4n) is 2.22. The fourth-order valence-corrected chi connectivity index (χ4v) is 3.22. The number of nitrogens with one attached hydrogen (secondary N) is 2. The smallest absolute Gasteiger partial charge is 0.276 e. The van der Waals surface area contributed by atoms with Crippen molar-refractivity contribution in [2.75, 3.05) is 12.4 Å². The Hall–Kier alpha value is -3.04. The summed E-state index contributed by atoms with van der Waals surface area (Å²) in [5, 5.41) is 13.5. The van der Waals surface area contributed by atoms with Crippen LogP contribution in [0.4, 0.5) is 11.4 Å². The second-order valence-corrected chi connectivity index (χ2v) is 7.18. The Bertz CT molecular complexity index is 984. The quantitative estimate of drug-likeness (QED) is 0.457. The van der Waals surface area contributed by atoms with Crippen LogP contribution in [0.3, 0.4) is 0 Å². The zero-order valence-electron chi connectivity index (χ0n) is 14.1. The molecule has 0 spiro atoms. The molecule has 2 aromatic carbocycles. The molecule has 0 radical (unpaired) electrons. The number of carbonyl (C=O) groups is 1. The van der Waals surface area contributed by atoms with Gasteiger partial charge in [0.25, 0.3) is 5.69 Å². The molecule has 9 heteroatoms. The van der Waals surface area contributed by atoms with E-state index in [1.165, 1.54) is 37.4 Å². The Labute approximate surface area is 150 Å². The van der Waals surface area contributed by atoms with Crippen LogP contribution in [0, 0.1) is 17.0 Å². The van der Waals surface area contributed by atoms with Crippen molar-refractivity contribution >= 4 is 33.4 Å². The zero-order valence-corrected chi connectivity index (χ0v) is 14.9. The number of para-hydroxylation sites is 1. The lowest BCUT2D eigenvalue weighted by atomic mass is 10.1. The number of amides is 1. The summed E-state index contributed by atoms with van der Waals surface area (Å²) in [5.74, 6) is -0.542. The number of benzene rings is 2. The van der Waals surface area contributed by atoms with Gasteiger partial charge in [0.2, 0.25) is 15.9 Å². The maximum Gasteiger partial charge on any atom is 0.276 e. The number of rotatable bonds is 6. The number of carbonyl (C=O) groups excluding carboxylic acids is 1.